The van der Waals surface area contributed by atoms with Crippen molar-refractivity contribution in [2.45, 2.75) is 26.8 Å². The first-order chi connectivity index (χ1) is 13.9. The average Bonchev–Trinajstić information content (AvgIpc) is 3.06. The van der Waals surface area contributed by atoms with Crippen LogP contribution in [0.4, 0.5) is 0 Å². The number of methoxy groups -OCH3 is 1. The van der Waals surface area contributed by atoms with Gasteiger partial charge in [-0.1, -0.05) is 35.0 Å². The van der Waals surface area contributed by atoms with Crippen molar-refractivity contribution in [1.82, 2.24) is 19.7 Å². The molecule has 1 aromatic carbocycles. The summed E-state index contributed by atoms with van der Waals surface area (Å²) in [5.74, 6) is 1.33. The van der Waals surface area contributed by atoms with Crippen LogP contribution in [0, 0.1) is 13.8 Å². The third-order valence-electron chi connectivity index (χ3n) is 4.96. The second-order valence-electron chi connectivity index (χ2n) is 6.73. The summed E-state index contributed by atoms with van der Waals surface area (Å²) in [6, 6.07) is 10.8. The summed E-state index contributed by atoms with van der Waals surface area (Å²) in [6.07, 6.45) is 0. The van der Waals surface area contributed by atoms with Gasteiger partial charge in [-0.2, -0.15) is 0 Å². The first-order valence-electron chi connectivity index (χ1n) is 9.07. The van der Waals surface area contributed by atoms with Crippen molar-refractivity contribution in [2.75, 3.05) is 7.11 Å². The van der Waals surface area contributed by atoms with Crippen molar-refractivity contribution in [2.24, 2.45) is 0 Å². The minimum Gasteiger partial charge on any atom is -0.496 e. The number of para-hydroxylation sites is 1. The fraction of sp³-hybridized carbons (Fsp3) is 0.238. The molecule has 0 unspecified atom stereocenters. The van der Waals surface area contributed by atoms with E-state index in [0.29, 0.717) is 28.4 Å². The molecular weight excluding hydrogens is 392 g/mol. The van der Waals surface area contributed by atoms with Crippen molar-refractivity contribution < 1.29 is 9.26 Å². The Morgan fingerprint density at radius 1 is 1.14 bits per heavy atom. The van der Waals surface area contributed by atoms with Crippen LogP contribution in [0.2, 0.25) is 5.15 Å². The molecule has 4 aromatic rings. The van der Waals surface area contributed by atoms with Crippen molar-refractivity contribution in [3.63, 3.8) is 0 Å². The Morgan fingerprint density at radius 2 is 1.90 bits per heavy atom. The van der Waals surface area contributed by atoms with Gasteiger partial charge in [0.15, 0.2) is 10.8 Å². The fourth-order valence-corrected chi connectivity index (χ4v) is 3.73. The van der Waals surface area contributed by atoms with Gasteiger partial charge in [0.05, 0.1) is 30.1 Å². The maximum absolute atomic E-state index is 13.0. The second-order valence-corrected chi connectivity index (χ2v) is 7.09. The molecule has 4 rings (SSSR count). The van der Waals surface area contributed by atoms with Gasteiger partial charge in [-0.25, -0.2) is 9.97 Å². The molecule has 0 aliphatic carbocycles. The number of nitrogens with zero attached hydrogens (tertiary/aromatic N) is 4. The lowest BCUT2D eigenvalue weighted by Gasteiger charge is -2.20. The fourth-order valence-electron chi connectivity index (χ4n) is 3.55. The summed E-state index contributed by atoms with van der Waals surface area (Å²) in [4.78, 5) is 22.0. The smallest absolute Gasteiger partial charge is 0.290 e. The van der Waals surface area contributed by atoms with E-state index in [1.165, 1.54) is 0 Å². The quantitative estimate of drug-likeness (QED) is 0.497. The van der Waals surface area contributed by atoms with E-state index in [1.807, 2.05) is 51.1 Å². The highest BCUT2D eigenvalue weighted by atomic mass is 35.5. The van der Waals surface area contributed by atoms with Gasteiger partial charge in [0, 0.05) is 5.56 Å². The highest BCUT2D eigenvalue weighted by Crippen LogP contribution is 2.30. The van der Waals surface area contributed by atoms with E-state index >= 15 is 0 Å². The van der Waals surface area contributed by atoms with Gasteiger partial charge in [-0.3, -0.25) is 9.36 Å². The first-order valence-corrected chi connectivity index (χ1v) is 9.45. The zero-order chi connectivity index (χ0) is 20.7. The summed E-state index contributed by atoms with van der Waals surface area (Å²) in [5.41, 5.74) is 3.54. The highest BCUT2D eigenvalue weighted by Gasteiger charge is 2.21. The standard InChI is InChI=1S/C21H19ClN4O3/c1-11-18(13(3)29-25-11)15-9-10-16-20(24-15)26(21(27)19(22)23-16)12(2)14-7-5-6-8-17(14)28-4/h5-10,12H,1-4H3/t12-/m0/s1. The van der Waals surface area contributed by atoms with E-state index in [9.17, 15) is 4.79 Å². The van der Waals surface area contributed by atoms with Crippen molar-refractivity contribution >= 4 is 22.8 Å². The molecule has 1 atom stereocenters. The Hall–Kier alpha value is -3.19. The molecule has 7 nitrogen and oxygen atoms in total. The lowest BCUT2D eigenvalue weighted by atomic mass is 10.1. The predicted molar refractivity (Wildman–Crippen MR) is 111 cm³/mol. The third kappa shape index (κ3) is 3.17. The molecule has 0 spiro atoms. The minimum atomic E-state index is -0.416. The van der Waals surface area contributed by atoms with Gasteiger partial charge in [-0.05, 0) is 39.0 Å². The van der Waals surface area contributed by atoms with Gasteiger partial charge in [0.2, 0.25) is 0 Å². The number of ether oxygens (including phenoxy) is 1. The molecule has 8 heteroatoms. The summed E-state index contributed by atoms with van der Waals surface area (Å²) in [6.45, 7) is 5.58. The van der Waals surface area contributed by atoms with Crippen molar-refractivity contribution in [3.8, 4) is 17.0 Å². The minimum absolute atomic E-state index is 0.105. The zero-order valence-corrected chi connectivity index (χ0v) is 17.2. The number of aromatic nitrogens is 4. The maximum atomic E-state index is 13.0. The SMILES string of the molecule is COc1ccccc1[C@H](C)n1c(=O)c(Cl)nc2ccc(-c3c(C)noc3C)nc21. The zero-order valence-electron chi connectivity index (χ0n) is 16.4. The number of halogens is 1. The van der Waals surface area contributed by atoms with Gasteiger partial charge < -0.3 is 9.26 Å². The number of hydrogen-bond donors (Lipinski definition) is 0. The summed E-state index contributed by atoms with van der Waals surface area (Å²) < 4.78 is 12.3. The number of pyridine rings is 1. The molecule has 3 aromatic heterocycles. The Bertz CT molecular complexity index is 1260. The Morgan fingerprint density at radius 3 is 2.59 bits per heavy atom. The number of benzene rings is 1. The Balaban J connectivity index is 2.00. The molecule has 0 aliphatic rings. The normalized spacial score (nSPS) is 12.3. The van der Waals surface area contributed by atoms with E-state index in [2.05, 4.69) is 10.1 Å². The molecule has 148 valence electrons. The van der Waals surface area contributed by atoms with Crippen LogP contribution in [0.3, 0.4) is 0 Å². The van der Waals surface area contributed by atoms with E-state index in [1.54, 1.807) is 17.7 Å². The third-order valence-corrected chi connectivity index (χ3v) is 5.21. The average molecular weight is 411 g/mol. The van der Waals surface area contributed by atoms with Gasteiger partial charge in [-0.15, -0.1) is 0 Å². The first kappa shape index (κ1) is 19.1. The van der Waals surface area contributed by atoms with Crippen LogP contribution in [0.1, 0.15) is 30.0 Å². The van der Waals surface area contributed by atoms with Crippen LogP contribution in [0.25, 0.3) is 22.4 Å². The van der Waals surface area contributed by atoms with E-state index in [4.69, 9.17) is 25.8 Å². The second kappa shape index (κ2) is 7.33. The molecule has 0 aliphatic heterocycles. The Labute approximate surface area is 171 Å². The molecule has 0 radical (unpaired) electrons. The summed E-state index contributed by atoms with van der Waals surface area (Å²) in [5, 5.41) is 3.89. The lowest BCUT2D eigenvalue weighted by molar-refractivity contribution is 0.393. The van der Waals surface area contributed by atoms with Gasteiger partial charge in [0.25, 0.3) is 5.56 Å². The maximum Gasteiger partial charge on any atom is 0.290 e. The van der Waals surface area contributed by atoms with Gasteiger partial charge in [0.1, 0.15) is 17.0 Å². The van der Waals surface area contributed by atoms with Gasteiger partial charge >= 0.3 is 0 Å². The molecule has 0 saturated heterocycles. The van der Waals surface area contributed by atoms with E-state index < -0.39 is 5.56 Å². The van der Waals surface area contributed by atoms with Crippen molar-refractivity contribution in [1.29, 1.82) is 0 Å². The van der Waals surface area contributed by atoms with Crippen LogP contribution in [-0.2, 0) is 0 Å². The van der Waals surface area contributed by atoms with E-state index in [-0.39, 0.29) is 11.2 Å². The largest absolute Gasteiger partial charge is 0.496 e. The number of hydrogen-bond acceptors (Lipinski definition) is 6. The molecule has 0 fully saturated rings. The summed E-state index contributed by atoms with van der Waals surface area (Å²) >= 11 is 6.16. The molecule has 3 heterocycles. The van der Waals surface area contributed by atoms with Crippen molar-refractivity contribution in [3.05, 3.63) is 68.9 Å². The molecule has 0 bridgehead atoms. The number of aryl methyl sites for hydroxylation is 2. The number of rotatable bonds is 4. The van der Waals surface area contributed by atoms with Crippen LogP contribution in [-0.4, -0.2) is 26.8 Å². The van der Waals surface area contributed by atoms with Crippen LogP contribution in [0.5, 0.6) is 5.75 Å². The van der Waals surface area contributed by atoms with E-state index in [0.717, 1.165) is 16.8 Å². The molecular formula is C21H19ClN4O3. The molecule has 0 amide bonds. The monoisotopic (exact) mass is 410 g/mol. The summed E-state index contributed by atoms with van der Waals surface area (Å²) in [7, 11) is 1.60. The number of fused-ring (bicyclic) bond motifs is 1. The highest BCUT2D eigenvalue weighted by molar-refractivity contribution is 6.29. The van der Waals surface area contributed by atoms with Crippen LogP contribution >= 0.6 is 11.6 Å². The lowest BCUT2D eigenvalue weighted by Crippen LogP contribution is -2.27. The van der Waals surface area contributed by atoms with Crippen LogP contribution in [0.15, 0.2) is 45.7 Å². The topological polar surface area (TPSA) is 83.0 Å². The Kier molecular flexibility index (Phi) is 4.84. The van der Waals surface area contributed by atoms with Crippen LogP contribution < -0.4 is 10.3 Å². The predicted octanol–water partition coefficient (Wildman–Crippen LogP) is 4.33. The molecule has 0 saturated carbocycles. The molecule has 0 N–H and O–H groups in total. The molecule has 29 heavy (non-hydrogen) atoms.